The zero-order valence-electron chi connectivity index (χ0n) is 12.7. The van der Waals surface area contributed by atoms with E-state index in [1.165, 1.54) is 0 Å². The molecule has 1 unspecified atom stereocenters. The second-order valence-corrected chi connectivity index (χ2v) is 8.10. The number of aryl methyl sites for hydroxylation is 1. The van der Waals surface area contributed by atoms with Crippen molar-refractivity contribution in [3.63, 3.8) is 0 Å². The summed E-state index contributed by atoms with van der Waals surface area (Å²) in [4.78, 5) is 12.4. The SMILES string of the molecule is CCNc1ccc(C(=O)NC2(C)CCS(=O)(=O)C2)c(C)c1. The van der Waals surface area contributed by atoms with Crippen LogP contribution in [0.15, 0.2) is 18.2 Å². The number of amides is 1. The fraction of sp³-hybridized carbons (Fsp3) is 0.533. The van der Waals surface area contributed by atoms with Crippen molar-refractivity contribution in [1.29, 1.82) is 0 Å². The third-order valence-corrected chi connectivity index (χ3v) is 5.67. The maximum Gasteiger partial charge on any atom is 0.252 e. The zero-order valence-corrected chi connectivity index (χ0v) is 13.5. The van der Waals surface area contributed by atoms with Gasteiger partial charge < -0.3 is 10.6 Å². The summed E-state index contributed by atoms with van der Waals surface area (Å²) in [6.45, 7) is 6.50. The average Bonchev–Trinajstić information content (AvgIpc) is 2.63. The molecule has 21 heavy (non-hydrogen) atoms. The first-order valence-corrected chi connectivity index (χ1v) is 8.94. The van der Waals surface area contributed by atoms with Crippen LogP contribution in [0.4, 0.5) is 5.69 Å². The number of benzene rings is 1. The normalized spacial score (nSPS) is 23.8. The lowest BCUT2D eigenvalue weighted by Gasteiger charge is -2.24. The lowest BCUT2D eigenvalue weighted by atomic mass is 10.00. The van der Waals surface area contributed by atoms with E-state index in [2.05, 4.69) is 10.6 Å². The predicted molar refractivity (Wildman–Crippen MR) is 84.5 cm³/mol. The molecule has 0 spiro atoms. The third kappa shape index (κ3) is 3.75. The van der Waals surface area contributed by atoms with E-state index < -0.39 is 15.4 Å². The summed E-state index contributed by atoms with van der Waals surface area (Å²) in [7, 11) is -3.03. The summed E-state index contributed by atoms with van der Waals surface area (Å²) in [6.07, 6.45) is 0.468. The molecular weight excluding hydrogens is 288 g/mol. The standard InChI is InChI=1S/C15H22N2O3S/c1-4-16-12-5-6-13(11(2)9-12)14(18)17-15(3)7-8-21(19,20)10-15/h5-6,9,16H,4,7-8,10H2,1-3H3,(H,17,18). The number of anilines is 1. The highest BCUT2D eigenvalue weighted by Gasteiger charge is 2.39. The highest BCUT2D eigenvalue weighted by molar-refractivity contribution is 7.91. The smallest absolute Gasteiger partial charge is 0.252 e. The molecule has 1 atom stereocenters. The Hall–Kier alpha value is -1.56. The second kappa shape index (κ2) is 5.67. The number of rotatable bonds is 4. The van der Waals surface area contributed by atoms with Gasteiger partial charge in [0, 0.05) is 17.8 Å². The van der Waals surface area contributed by atoms with Gasteiger partial charge >= 0.3 is 0 Å². The van der Waals surface area contributed by atoms with Crippen LogP contribution in [0.5, 0.6) is 0 Å². The largest absolute Gasteiger partial charge is 0.385 e. The molecule has 0 radical (unpaired) electrons. The molecule has 0 aromatic heterocycles. The second-order valence-electron chi connectivity index (χ2n) is 5.92. The third-order valence-electron chi connectivity index (χ3n) is 3.77. The van der Waals surface area contributed by atoms with Crippen LogP contribution in [0.1, 0.15) is 36.2 Å². The highest BCUT2D eigenvalue weighted by atomic mass is 32.2. The molecule has 2 N–H and O–H groups in total. The van der Waals surface area contributed by atoms with Gasteiger partial charge in [0.25, 0.3) is 5.91 Å². The molecule has 0 saturated carbocycles. The van der Waals surface area contributed by atoms with E-state index in [1.54, 1.807) is 13.0 Å². The zero-order chi connectivity index (χ0) is 15.7. The van der Waals surface area contributed by atoms with E-state index in [4.69, 9.17) is 0 Å². The van der Waals surface area contributed by atoms with E-state index in [-0.39, 0.29) is 17.4 Å². The molecule has 1 heterocycles. The number of carbonyl (C=O) groups is 1. The molecule has 1 aliphatic heterocycles. The van der Waals surface area contributed by atoms with Gasteiger partial charge in [-0.2, -0.15) is 0 Å². The van der Waals surface area contributed by atoms with Crippen LogP contribution in [0, 0.1) is 6.92 Å². The van der Waals surface area contributed by atoms with Crippen molar-refractivity contribution < 1.29 is 13.2 Å². The summed E-state index contributed by atoms with van der Waals surface area (Å²) >= 11 is 0. The molecule has 1 saturated heterocycles. The Bertz CT molecular complexity index is 655. The molecule has 1 amide bonds. The molecule has 5 nitrogen and oxygen atoms in total. The fourth-order valence-corrected chi connectivity index (χ4v) is 4.78. The molecule has 1 aromatic carbocycles. The van der Waals surface area contributed by atoms with Crippen molar-refractivity contribution in [2.45, 2.75) is 32.7 Å². The van der Waals surface area contributed by atoms with Crippen molar-refractivity contribution in [1.82, 2.24) is 5.32 Å². The first kappa shape index (κ1) is 15.8. The van der Waals surface area contributed by atoms with Crippen LogP contribution in [0.25, 0.3) is 0 Å². The average molecular weight is 310 g/mol. The van der Waals surface area contributed by atoms with Crippen molar-refractivity contribution >= 4 is 21.4 Å². The van der Waals surface area contributed by atoms with Crippen molar-refractivity contribution in [2.75, 3.05) is 23.4 Å². The minimum atomic E-state index is -3.03. The van der Waals surface area contributed by atoms with Crippen molar-refractivity contribution in [3.8, 4) is 0 Å². The number of carbonyl (C=O) groups excluding carboxylic acids is 1. The minimum absolute atomic E-state index is 0.0141. The van der Waals surface area contributed by atoms with Gasteiger partial charge in [-0.15, -0.1) is 0 Å². The Morgan fingerprint density at radius 2 is 2.10 bits per heavy atom. The van der Waals surface area contributed by atoms with E-state index >= 15 is 0 Å². The van der Waals surface area contributed by atoms with Gasteiger partial charge in [-0.25, -0.2) is 8.42 Å². The Kier molecular flexibility index (Phi) is 4.27. The van der Waals surface area contributed by atoms with E-state index in [9.17, 15) is 13.2 Å². The Labute approximate surface area is 126 Å². The van der Waals surface area contributed by atoms with Gasteiger partial charge in [0.1, 0.15) is 0 Å². The van der Waals surface area contributed by atoms with Gasteiger partial charge in [-0.1, -0.05) is 0 Å². The molecular formula is C15H22N2O3S. The quantitative estimate of drug-likeness (QED) is 0.888. The van der Waals surface area contributed by atoms with E-state index in [1.807, 2.05) is 26.0 Å². The predicted octanol–water partition coefficient (Wildman–Crippen LogP) is 1.73. The molecule has 116 valence electrons. The van der Waals surface area contributed by atoms with Crippen LogP contribution in [0.2, 0.25) is 0 Å². The summed E-state index contributed by atoms with van der Waals surface area (Å²) in [5.74, 6) is -0.0577. The molecule has 6 heteroatoms. The summed E-state index contributed by atoms with van der Waals surface area (Å²) in [6, 6.07) is 5.56. The maximum atomic E-state index is 12.4. The number of nitrogens with one attached hydrogen (secondary N) is 2. The monoisotopic (exact) mass is 310 g/mol. The lowest BCUT2D eigenvalue weighted by molar-refractivity contribution is 0.0915. The minimum Gasteiger partial charge on any atom is -0.385 e. The van der Waals surface area contributed by atoms with Crippen LogP contribution in [-0.4, -0.2) is 37.9 Å². The maximum absolute atomic E-state index is 12.4. The summed E-state index contributed by atoms with van der Waals surface area (Å²) in [5.41, 5.74) is 1.77. The first-order valence-electron chi connectivity index (χ1n) is 7.12. The molecule has 2 rings (SSSR count). The molecule has 1 aliphatic rings. The van der Waals surface area contributed by atoms with Crippen molar-refractivity contribution in [3.05, 3.63) is 29.3 Å². The van der Waals surface area contributed by atoms with Crippen LogP contribution >= 0.6 is 0 Å². The Balaban J connectivity index is 2.14. The van der Waals surface area contributed by atoms with E-state index in [0.29, 0.717) is 12.0 Å². The summed E-state index contributed by atoms with van der Waals surface area (Å²) < 4.78 is 23.2. The van der Waals surface area contributed by atoms with E-state index in [0.717, 1.165) is 17.8 Å². The number of sulfone groups is 1. The molecule has 0 bridgehead atoms. The van der Waals surface area contributed by atoms with Crippen LogP contribution in [0.3, 0.4) is 0 Å². The van der Waals surface area contributed by atoms with Gasteiger partial charge in [0.05, 0.1) is 17.0 Å². The highest BCUT2D eigenvalue weighted by Crippen LogP contribution is 2.24. The number of hydrogen-bond donors (Lipinski definition) is 2. The summed E-state index contributed by atoms with van der Waals surface area (Å²) in [5, 5.41) is 6.08. The van der Waals surface area contributed by atoms with Gasteiger partial charge in [-0.05, 0) is 51.0 Å². The topological polar surface area (TPSA) is 75.3 Å². The van der Waals surface area contributed by atoms with Gasteiger partial charge in [-0.3, -0.25) is 4.79 Å². The molecule has 1 aromatic rings. The van der Waals surface area contributed by atoms with Crippen LogP contribution < -0.4 is 10.6 Å². The first-order chi connectivity index (χ1) is 9.75. The van der Waals surface area contributed by atoms with Gasteiger partial charge in [0.15, 0.2) is 9.84 Å². The van der Waals surface area contributed by atoms with Crippen molar-refractivity contribution in [2.24, 2.45) is 0 Å². The van der Waals surface area contributed by atoms with Crippen LogP contribution in [-0.2, 0) is 9.84 Å². The van der Waals surface area contributed by atoms with Gasteiger partial charge in [0.2, 0.25) is 0 Å². The number of hydrogen-bond acceptors (Lipinski definition) is 4. The fourth-order valence-electron chi connectivity index (χ4n) is 2.68. The molecule has 0 aliphatic carbocycles. The Morgan fingerprint density at radius 1 is 1.38 bits per heavy atom. The Morgan fingerprint density at radius 3 is 2.62 bits per heavy atom. The lowest BCUT2D eigenvalue weighted by Crippen LogP contribution is -2.47. The molecule has 1 fully saturated rings.